The molecule has 0 aliphatic heterocycles. The van der Waals surface area contributed by atoms with Crippen LogP contribution in [-0.4, -0.2) is 13.7 Å². The van der Waals surface area contributed by atoms with E-state index in [0.717, 1.165) is 23.3 Å². The number of anilines is 1. The molecule has 118 valence electrons. The number of ether oxygens (including phenoxy) is 1. The first-order valence-corrected chi connectivity index (χ1v) is 8.51. The predicted octanol–water partition coefficient (Wildman–Crippen LogP) is 5.51. The average molecular weight is 362 g/mol. The fourth-order valence-corrected chi connectivity index (χ4v) is 2.58. The Labute approximate surface area is 142 Å². The van der Waals surface area contributed by atoms with Crippen LogP contribution in [-0.2, 0) is 6.54 Å². The molecule has 0 fully saturated rings. The molecule has 0 radical (unpaired) electrons. The Bertz CT molecular complexity index is 563. The molecule has 2 nitrogen and oxygen atoms in total. The molecular formula is C19H24BrNO. The minimum atomic E-state index is 0.700. The predicted molar refractivity (Wildman–Crippen MR) is 97.6 cm³/mol. The highest BCUT2D eigenvalue weighted by molar-refractivity contribution is 9.10. The summed E-state index contributed by atoms with van der Waals surface area (Å²) < 4.78 is 6.37. The molecule has 0 aromatic heterocycles. The molecule has 2 aromatic carbocycles. The van der Waals surface area contributed by atoms with Crippen LogP contribution in [0.4, 0.5) is 5.69 Å². The third-order valence-electron chi connectivity index (χ3n) is 3.70. The molecule has 2 aromatic rings. The van der Waals surface area contributed by atoms with E-state index < -0.39 is 0 Å². The second-order valence-electron chi connectivity index (χ2n) is 5.93. The van der Waals surface area contributed by atoms with Gasteiger partial charge in [0.1, 0.15) is 5.75 Å². The van der Waals surface area contributed by atoms with Crippen molar-refractivity contribution in [3.63, 3.8) is 0 Å². The van der Waals surface area contributed by atoms with E-state index in [4.69, 9.17) is 4.74 Å². The van der Waals surface area contributed by atoms with Crippen molar-refractivity contribution in [3.8, 4) is 5.75 Å². The van der Waals surface area contributed by atoms with E-state index in [9.17, 15) is 0 Å². The summed E-state index contributed by atoms with van der Waals surface area (Å²) in [6.07, 6.45) is 1.18. The largest absolute Gasteiger partial charge is 0.497 e. The van der Waals surface area contributed by atoms with E-state index in [1.54, 1.807) is 7.11 Å². The van der Waals surface area contributed by atoms with Gasteiger partial charge in [-0.05, 0) is 54.3 Å². The van der Waals surface area contributed by atoms with Gasteiger partial charge in [-0.1, -0.05) is 41.9 Å². The van der Waals surface area contributed by atoms with Crippen LogP contribution in [0.2, 0.25) is 0 Å². The number of hydrogen-bond donors (Lipinski definition) is 0. The second kappa shape index (κ2) is 8.23. The zero-order valence-electron chi connectivity index (χ0n) is 13.6. The van der Waals surface area contributed by atoms with Crippen LogP contribution >= 0.6 is 15.9 Å². The fourth-order valence-electron chi connectivity index (χ4n) is 2.32. The van der Waals surface area contributed by atoms with Crippen LogP contribution in [0, 0.1) is 5.92 Å². The maximum atomic E-state index is 5.25. The summed E-state index contributed by atoms with van der Waals surface area (Å²) in [5, 5.41) is 0. The SMILES string of the molecule is COc1ccc(N(CCC(C)C)Cc2ccc(Br)cc2)cc1. The van der Waals surface area contributed by atoms with Crippen molar-refractivity contribution in [1.29, 1.82) is 0 Å². The van der Waals surface area contributed by atoms with Crippen LogP contribution in [0.25, 0.3) is 0 Å². The molecule has 0 saturated carbocycles. The van der Waals surface area contributed by atoms with Crippen LogP contribution in [0.1, 0.15) is 25.8 Å². The average Bonchev–Trinajstić information content (AvgIpc) is 2.53. The van der Waals surface area contributed by atoms with Crippen LogP contribution in [0.5, 0.6) is 5.75 Å². The molecule has 2 rings (SSSR count). The van der Waals surface area contributed by atoms with Gasteiger partial charge < -0.3 is 9.64 Å². The number of hydrogen-bond acceptors (Lipinski definition) is 2. The van der Waals surface area contributed by atoms with E-state index in [2.05, 4.69) is 71.1 Å². The summed E-state index contributed by atoms with van der Waals surface area (Å²) in [4.78, 5) is 2.43. The Hall–Kier alpha value is -1.48. The smallest absolute Gasteiger partial charge is 0.119 e. The van der Waals surface area contributed by atoms with Gasteiger partial charge in [0.2, 0.25) is 0 Å². The zero-order chi connectivity index (χ0) is 15.9. The van der Waals surface area contributed by atoms with Crippen LogP contribution < -0.4 is 9.64 Å². The lowest BCUT2D eigenvalue weighted by molar-refractivity contribution is 0.415. The highest BCUT2D eigenvalue weighted by Gasteiger charge is 2.09. The number of methoxy groups -OCH3 is 1. The Morgan fingerprint density at radius 2 is 1.64 bits per heavy atom. The molecular weight excluding hydrogens is 338 g/mol. The fraction of sp³-hybridized carbons (Fsp3) is 0.368. The van der Waals surface area contributed by atoms with Gasteiger partial charge in [-0.2, -0.15) is 0 Å². The lowest BCUT2D eigenvalue weighted by Gasteiger charge is -2.26. The summed E-state index contributed by atoms with van der Waals surface area (Å²) in [7, 11) is 1.70. The van der Waals surface area contributed by atoms with Crippen molar-refractivity contribution in [2.24, 2.45) is 5.92 Å². The van der Waals surface area contributed by atoms with Crippen molar-refractivity contribution in [2.75, 3.05) is 18.6 Å². The van der Waals surface area contributed by atoms with Gasteiger partial charge in [-0.3, -0.25) is 0 Å². The van der Waals surface area contributed by atoms with Crippen LogP contribution in [0.15, 0.2) is 53.0 Å². The highest BCUT2D eigenvalue weighted by atomic mass is 79.9. The van der Waals surface area contributed by atoms with Gasteiger partial charge in [0.05, 0.1) is 7.11 Å². The lowest BCUT2D eigenvalue weighted by Crippen LogP contribution is -2.24. The van der Waals surface area contributed by atoms with E-state index >= 15 is 0 Å². The maximum absolute atomic E-state index is 5.25. The summed E-state index contributed by atoms with van der Waals surface area (Å²) in [5.74, 6) is 1.60. The van der Waals surface area contributed by atoms with Gasteiger partial charge >= 0.3 is 0 Å². The topological polar surface area (TPSA) is 12.5 Å². The molecule has 0 atom stereocenters. The van der Waals surface area contributed by atoms with Crippen LogP contribution in [0.3, 0.4) is 0 Å². The summed E-state index contributed by atoms with van der Waals surface area (Å²) in [6.45, 7) is 6.52. The van der Waals surface area contributed by atoms with Crippen molar-refractivity contribution in [2.45, 2.75) is 26.8 Å². The highest BCUT2D eigenvalue weighted by Crippen LogP contribution is 2.22. The van der Waals surface area contributed by atoms with E-state index in [0.29, 0.717) is 5.92 Å². The van der Waals surface area contributed by atoms with Crippen molar-refractivity contribution >= 4 is 21.6 Å². The second-order valence-corrected chi connectivity index (χ2v) is 6.84. The number of halogens is 1. The summed E-state index contributed by atoms with van der Waals surface area (Å²) >= 11 is 3.49. The Morgan fingerprint density at radius 1 is 1.00 bits per heavy atom. The van der Waals surface area contributed by atoms with Gasteiger partial charge in [-0.25, -0.2) is 0 Å². The first-order valence-electron chi connectivity index (χ1n) is 7.72. The number of nitrogens with zero attached hydrogens (tertiary/aromatic N) is 1. The zero-order valence-corrected chi connectivity index (χ0v) is 15.1. The van der Waals surface area contributed by atoms with Crippen molar-refractivity contribution < 1.29 is 4.74 Å². The third-order valence-corrected chi connectivity index (χ3v) is 4.23. The number of rotatable bonds is 7. The Kier molecular flexibility index (Phi) is 6.32. The quantitative estimate of drug-likeness (QED) is 0.644. The van der Waals surface area contributed by atoms with E-state index in [1.807, 2.05) is 12.1 Å². The molecule has 0 saturated heterocycles. The summed E-state index contributed by atoms with van der Waals surface area (Å²) in [5.41, 5.74) is 2.56. The summed E-state index contributed by atoms with van der Waals surface area (Å²) in [6, 6.07) is 16.9. The van der Waals surface area contributed by atoms with Gasteiger partial charge in [-0.15, -0.1) is 0 Å². The third kappa shape index (κ3) is 5.06. The minimum Gasteiger partial charge on any atom is -0.497 e. The molecule has 22 heavy (non-hydrogen) atoms. The molecule has 0 aliphatic carbocycles. The molecule has 0 unspecified atom stereocenters. The Morgan fingerprint density at radius 3 is 2.18 bits per heavy atom. The monoisotopic (exact) mass is 361 g/mol. The first-order chi connectivity index (χ1) is 10.6. The maximum Gasteiger partial charge on any atom is 0.119 e. The lowest BCUT2D eigenvalue weighted by atomic mass is 10.1. The van der Waals surface area contributed by atoms with Crippen molar-refractivity contribution in [3.05, 3.63) is 58.6 Å². The standard InChI is InChI=1S/C19H24BrNO/c1-15(2)12-13-21(14-16-4-6-17(20)7-5-16)18-8-10-19(22-3)11-9-18/h4-11,15H,12-14H2,1-3H3. The molecule has 0 N–H and O–H groups in total. The van der Waals surface area contributed by atoms with Crippen molar-refractivity contribution in [1.82, 2.24) is 0 Å². The first kappa shape index (κ1) is 16.9. The molecule has 0 amide bonds. The molecule has 0 aliphatic rings. The normalized spacial score (nSPS) is 10.8. The molecule has 0 bridgehead atoms. The minimum absolute atomic E-state index is 0.700. The van der Waals surface area contributed by atoms with Gasteiger partial charge in [0.25, 0.3) is 0 Å². The van der Waals surface area contributed by atoms with E-state index in [-0.39, 0.29) is 0 Å². The molecule has 3 heteroatoms. The van der Waals surface area contributed by atoms with Gasteiger partial charge in [0.15, 0.2) is 0 Å². The Balaban J connectivity index is 2.15. The van der Waals surface area contributed by atoms with Gasteiger partial charge in [0, 0.05) is 23.2 Å². The molecule has 0 spiro atoms. The number of benzene rings is 2. The van der Waals surface area contributed by atoms with E-state index in [1.165, 1.54) is 17.7 Å². The molecule has 0 heterocycles.